The molecule has 3 rings (SSSR count). The maximum Gasteiger partial charge on any atom is 0.305 e. The van der Waals surface area contributed by atoms with Gasteiger partial charge in [-0.25, -0.2) is 0 Å². The Kier molecular flexibility index (Phi) is 9.73. The highest BCUT2D eigenvalue weighted by atomic mass is 35.5. The van der Waals surface area contributed by atoms with Crippen LogP contribution in [-0.2, 0) is 15.0 Å². The number of β-amino-alcohol motifs (C(OH)–C–C–N with tert-alkyl or cyclic N) is 1. The molecule has 12 nitrogen and oxygen atoms in total. The van der Waals surface area contributed by atoms with Gasteiger partial charge in [-0.1, -0.05) is 31.5 Å². The largest absolute Gasteiger partial charge is 0.508 e. The molecule has 2 atom stereocenters. The van der Waals surface area contributed by atoms with Gasteiger partial charge in [-0.3, -0.25) is 19.4 Å². The van der Waals surface area contributed by atoms with Crippen molar-refractivity contribution in [1.82, 2.24) is 16.0 Å². The van der Waals surface area contributed by atoms with Crippen molar-refractivity contribution in [1.29, 1.82) is 0 Å². The van der Waals surface area contributed by atoms with Crippen molar-refractivity contribution in [2.24, 2.45) is 4.99 Å². The molecular weight excluding hydrogens is 530 g/mol. The lowest BCUT2D eigenvalue weighted by Crippen LogP contribution is -2.42. The van der Waals surface area contributed by atoms with Crippen molar-refractivity contribution in [3.05, 3.63) is 58.1 Å². The summed E-state index contributed by atoms with van der Waals surface area (Å²) in [5.41, 5.74) is 0.882. The maximum atomic E-state index is 12.7. The van der Waals surface area contributed by atoms with E-state index in [9.17, 15) is 34.8 Å². The van der Waals surface area contributed by atoms with E-state index in [1.807, 2.05) is 0 Å². The van der Waals surface area contributed by atoms with Crippen molar-refractivity contribution in [3.8, 4) is 5.75 Å². The third kappa shape index (κ3) is 8.57. The number of hydrogen-bond donors (Lipinski definition) is 8. The molecule has 39 heavy (non-hydrogen) atoms. The number of anilines is 1. The number of hydrogen-bond acceptors (Lipinski definition) is 9. The zero-order valence-corrected chi connectivity index (χ0v) is 22.2. The van der Waals surface area contributed by atoms with Crippen LogP contribution in [0.5, 0.6) is 5.75 Å². The molecule has 1 aliphatic heterocycles. The summed E-state index contributed by atoms with van der Waals surface area (Å²) in [5, 5.41) is 49.9. The number of aliphatic carboxylic acids is 1. The molecule has 8 N–H and O–H groups in total. The van der Waals surface area contributed by atoms with Crippen molar-refractivity contribution in [3.63, 3.8) is 0 Å². The topological polar surface area (TPSA) is 193 Å². The first kappa shape index (κ1) is 29.7. The molecule has 0 saturated carbocycles. The molecule has 210 valence electrons. The van der Waals surface area contributed by atoms with Crippen molar-refractivity contribution in [2.75, 3.05) is 31.6 Å². The van der Waals surface area contributed by atoms with Gasteiger partial charge in [0.2, 0.25) is 5.91 Å². The lowest BCUT2D eigenvalue weighted by Gasteiger charge is -2.25. The Morgan fingerprint density at radius 1 is 1.18 bits per heavy atom. The monoisotopic (exact) mass is 561 g/mol. The van der Waals surface area contributed by atoms with Gasteiger partial charge < -0.3 is 41.7 Å². The number of carboxylic acid groups (broad SMARTS) is 1. The number of nitrogens with one attached hydrogen (secondary N) is 4. The minimum atomic E-state index is -1.15. The summed E-state index contributed by atoms with van der Waals surface area (Å²) in [6.07, 6.45) is -1.04. The quantitative estimate of drug-likeness (QED) is 0.210. The molecular formula is C26H32ClN5O7. The predicted molar refractivity (Wildman–Crippen MR) is 145 cm³/mol. The molecule has 2 aromatic rings. The summed E-state index contributed by atoms with van der Waals surface area (Å²) in [4.78, 5) is 41.0. The lowest BCUT2D eigenvalue weighted by molar-refractivity contribution is -0.137. The van der Waals surface area contributed by atoms with Crippen LogP contribution in [0.15, 0.2) is 41.4 Å². The van der Waals surface area contributed by atoms with Crippen LogP contribution in [0.3, 0.4) is 0 Å². The number of phenolic OH excluding ortho intramolecular Hbond substituents is 1. The molecule has 1 heterocycles. The Bertz CT molecular complexity index is 1270. The fourth-order valence-electron chi connectivity index (χ4n) is 3.80. The highest BCUT2D eigenvalue weighted by Gasteiger charge is 2.24. The minimum Gasteiger partial charge on any atom is -0.508 e. The highest BCUT2D eigenvalue weighted by molar-refractivity contribution is 6.30. The zero-order valence-electron chi connectivity index (χ0n) is 21.5. The normalized spacial score (nSPS) is 15.9. The van der Waals surface area contributed by atoms with Crippen LogP contribution in [0.4, 0.5) is 5.69 Å². The Morgan fingerprint density at radius 2 is 1.92 bits per heavy atom. The van der Waals surface area contributed by atoms with E-state index in [0.29, 0.717) is 34.3 Å². The van der Waals surface area contributed by atoms with E-state index in [-0.39, 0.29) is 24.5 Å². The third-order valence-corrected chi connectivity index (χ3v) is 6.25. The number of nitrogens with zero attached hydrogens (tertiary/aromatic N) is 1. The third-order valence-electron chi connectivity index (χ3n) is 6.03. The number of aliphatic hydroxyl groups is 2. The second kappa shape index (κ2) is 12.8. The van der Waals surface area contributed by atoms with Gasteiger partial charge in [0.1, 0.15) is 5.75 Å². The molecule has 1 unspecified atom stereocenters. The standard InChI is InChI=1S/C26H32ClN5O7/c1-26(2,13-33)16-3-14(4-17(27)7-16)21(9-23(37)38)32-22(36)12-28-24(39)15-5-18(8-19(34)6-15)31-25-29-10-20(35)11-30-25/h3-8,20-21,33-35H,9-13H2,1-2H3,(H,28,39)(H,32,36)(H,37,38)(H2,29,30,31)/t21-/m0/s1. The predicted octanol–water partition coefficient (Wildman–Crippen LogP) is 1.11. The summed E-state index contributed by atoms with van der Waals surface area (Å²) < 4.78 is 0. The number of halogens is 1. The summed E-state index contributed by atoms with van der Waals surface area (Å²) >= 11 is 6.25. The second-order valence-corrected chi connectivity index (χ2v) is 10.3. The van der Waals surface area contributed by atoms with Crippen molar-refractivity contribution < 1.29 is 34.8 Å². The molecule has 0 aliphatic carbocycles. The Morgan fingerprint density at radius 3 is 2.56 bits per heavy atom. The van der Waals surface area contributed by atoms with Gasteiger partial charge in [0, 0.05) is 34.3 Å². The van der Waals surface area contributed by atoms with Gasteiger partial charge in [-0.05, 0) is 35.4 Å². The molecule has 0 fully saturated rings. The first-order valence-corrected chi connectivity index (χ1v) is 12.5. The van der Waals surface area contributed by atoms with Gasteiger partial charge in [0.05, 0.1) is 38.3 Å². The van der Waals surface area contributed by atoms with Gasteiger partial charge in [-0.2, -0.15) is 0 Å². The van der Waals surface area contributed by atoms with Crippen LogP contribution in [0.1, 0.15) is 47.8 Å². The molecule has 0 spiro atoms. The van der Waals surface area contributed by atoms with Crippen LogP contribution < -0.4 is 21.3 Å². The molecule has 0 radical (unpaired) electrons. The van der Waals surface area contributed by atoms with E-state index in [4.69, 9.17) is 11.6 Å². The first-order valence-electron chi connectivity index (χ1n) is 12.1. The Hall–Kier alpha value is -3.87. The SMILES string of the molecule is CC(C)(CO)c1cc(Cl)cc([C@H](CC(=O)O)NC(=O)CNC(=O)c2cc(O)cc(NC3=NCC(O)CN3)c2)c1. The van der Waals surface area contributed by atoms with E-state index in [1.54, 1.807) is 32.0 Å². The van der Waals surface area contributed by atoms with Gasteiger partial charge >= 0.3 is 5.97 Å². The number of aliphatic hydroxyl groups excluding tert-OH is 2. The van der Waals surface area contributed by atoms with Gasteiger partial charge in [-0.15, -0.1) is 0 Å². The molecule has 13 heteroatoms. The van der Waals surface area contributed by atoms with Crippen LogP contribution in [0, 0.1) is 0 Å². The van der Waals surface area contributed by atoms with Crippen LogP contribution in [-0.4, -0.2) is 76.5 Å². The average molecular weight is 562 g/mol. The number of guanidine groups is 1. The van der Waals surface area contributed by atoms with Crippen molar-refractivity contribution in [2.45, 2.75) is 37.8 Å². The summed E-state index contributed by atoms with van der Waals surface area (Å²) in [6, 6.07) is 8.00. The smallest absolute Gasteiger partial charge is 0.305 e. The summed E-state index contributed by atoms with van der Waals surface area (Å²) in [6.45, 7) is 3.47. The number of carbonyl (C=O) groups excluding carboxylic acids is 2. The van der Waals surface area contributed by atoms with Gasteiger partial charge in [0.25, 0.3) is 5.91 Å². The number of carboxylic acids is 1. The van der Waals surface area contributed by atoms with Gasteiger partial charge in [0.15, 0.2) is 5.96 Å². The number of benzene rings is 2. The average Bonchev–Trinajstić information content (AvgIpc) is 2.87. The number of rotatable bonds is 10. The number of phenols is 1. The fraction of sp³-hybridized carbons (Fsp3) is 0.385. The maximum absolute atomic E-state index is 12.7. The molecule has 0 bridgehead atoms. The zero-order chi connectivity index (χ0) is 28.7. The van der Waals surface area contributed by atoms with E-state index in [1.165, 1.54) is 18.2 Å². The fourth-order valence-corrected chi connectivity index (χ4v) is 4.04. The summed E-state index contributed by atoms with van der Waals surface area (Å²) in [5.74, 6) is -2.28. The number of aliphatic imine (C=N–C) groups is 1. The molecule has 2 amide bonds. The highest BCUT2D eigenvalue weighted by Crippen LogP contribution is 2.30. The number of aromatic hydroxyl groups is 1. The van der Waals surface area contributed by atoms with E-state index in [0.717, 1.165) is 0 Å². The number of carbonyl (C=O) groups is 3. The molecule has 0 aromatic heterocycles. The second-order valence-electron chi connectivity index (χ2n) is 9.83. The van der Waals surface area contributed by atoms with Crippen LogP contribution >= 0.6 is 11.6 Å². The number of amides is 2. The molecule has 2 aromatic carbocycles. The summed E-state index contributed by atoms with van der Waals surface area (Å²) in [7, 11) is 0. The van der Waals surface area contributed by atoms with Crippen LogP contribution in [0.2, 0.25) is 5.02 Å². The molecule has 1 aliphatic rings. The van der Waals surface area contributed by atoms with E-state index >= 15 is 0 Å². The first-order chi connectivity index (χ1) is 18.4. The van der Waals surface area contributed by atoms with E-state index in [2.05, 4.69) is 26.3 Å². The molecule has 0 saturated heterocycles. The van der Waals surface area contributed by atoms with Crippen LogP contribution in [0.25, 0.3) is 0 Å². The lowest BCUT2D eigenvalue weighted by atomic mass is 9.84. The van der Waals surface area contributed by atoms with Crippen molar-refractivity contribution >= 4 is 41.0 Å². The Balaban J connectivity index is 1.68. The van der Waals surface area contributed by atoms with E-state index < -0.39 is 48.3 Å². The Labute approximate surface area is 230 Å². The minimum absolute atomic E-state index is 0.0644.